The van der Waals surface area contributed by atoms with Crippen molar-refractivity contribution >= 4 is 12.1 Å². The third-order valence-electron chi connectivity index (χ3n) is 1.15. The molecule has 0 saturated heterocycles. The Kier molecular flexibility index (Phi) is 5.50. The lowest BCUT2D eigenvalue weighted by Crippen LogP contribution is -2.31. The van der Waals surface area contributed by atoms with Gasteiger partial charge in [-0.05, 0) is 12.8 Å². The average molecular weight is 173 g/mol. The summed E-state index contributed by atoms with van der Waals surface area (Å²) in [6, 6.07) is 0. The molecule has 0 aliphatic heterocycles. The first kappa shape index (κ1) is 10.5. The Morgan fingerprint density at radius 1 is 1.58 bits per heavy atom. The van der Waals surface area contributed by atoms with E-state index in [4.69, 9.17) is 16.2 Å². The number of hydrogen-bond acceptors (Lipinski definition) is 2. The number of nitrogens with two attached hydrogens (primary N) is 1. The molecule has 69 valence electrons. The zero-order valence-electron chi connectivity index (χ0n) is 6.71. The fourth-order valence-corrected chi connectivity index (χ4v) is 0.635. The lowest BCUT2D eigenvalue weighted by molar-refractivity contribution is 0.193. The van der Waals surface area contributed by atoms with E-state index in [0.717, 1.165) is 6.42 Å². The van der Waals surface area contributed by atoms with Crippen molar-refractivity contribution in [2.75, 3.05) is 13.1 Å². The molecule has 12 heavy (non-hydrogen) atoms. The van der Waals surface area contributed by atoms with Crippen LogP contribution in [0.5, 0.6) is 0 Å². The predicted molar refractivity (Wildman–Crippen MR) is 44.2 cm³/mol. The van der Waals surface area contributed by atoms with Crippen molar-refractivity contribution in [3.05, 3.63) is 0 Å². The van der Waals surface area contributed by atoms with E-state index in [2.05, 4.69) is 10.6 Å². The molecule has 0 fully saturated rings. The fraction of sp³-hybridized carbons (Fsp3) is 0.667. The van der Waals surface area contributed by atoms with Crippen molar-refractivity contribution in [1.29, 1.82) is 5.41 Å². The molecule has 0 bridgehead atoms. The summed E-state index contributed by atoms with van der Waals surface area (Å²) in [6.45, 7) is 0.902. The minimum Gasteiger partial charge on any atom is -0.464 e. The molecule has 0 atom stereocenters. The SMILES string of the molecule is N=C(N)NCCCC[N]C(=O)O. The second-order valence-electron chi connectivity index (χ2n) is 2.21. The van der Waals surface area contributed by atoms with Gasteiger partial charge in [-0.25, -0.2) is 10.1 Å². The average Bonchev–Trinajstić information content (AvgIpc) is 1.95. The number of carbonyl (C=O) groups is 1. The van der Waals surface area contributed by atoms with Crippen molar-refractivity contribution < 1.29 is 9.90 Å². The summed E-state index contributed by atoms with van der Waals surface area (Å²) in [4.78, 5) is 9.90. The Morgan fingerprint density at radius 3 is 2.75 bits per heavy atom. The van der Waals surface area contributed by atoms with E-state index < -0.39 is 6.09 Å². The number of nitrogens with zero attached hydrogens (tertiary/aromatic N) is 1. The molecule has 0 rings (SSSR count). The molecule has 1 radical (unpaired) electrons. The van der Waals surface area contributed by atoms with Crippen molar-refractivity contribution in [3.8, 4) is 0 Å². The molecule has 0 aliphatic rings. The van der Waals surface area contributed by atoms with E-state index >= 15 is 0 Å². The number of unbranched alkanes of at least 4 members (excludes halogenated alkanes) is 1. The van der Waals surface area contributed by atoms with Crippen LogP contribution >= 0.6 is 0 Å². The summed E-state index contributed by atoms with van der Waals surface area (Å²) < 4.78 is 0. The van der Waals surface area contributed by atoms with Crippen LogP contribution in [-0.2, 0) is 0 Å². The summed E-state index contributed by atoms with van der Waals surface area (Å²) in [5.74, 6) is -0.0647. The van der Waals surface area contributed by atoms with Gasteiger partial charge in [0.2, 0.25) is 0 Å². The summed E-state index contributed by atoms with van der Waals surface area (Å²) >= 11 is 0. The van der Waals surface area contributed by atoms with Gasteiger partial charge in [-0.15, -0.1) is 0 Å². The van der Waals surface area contributed by atoms with E-state index in [-0.39, 0.29) is 5.96 Å². The number of guanidine groups is 1. The molecule has 0 unspecified atom stereocenters. The van der Waals surface area contributed by atoms with Crippen LogP contribution in [0.2, 0.25) is 0 Å². The highest BCUT2D eigenvalue weighted by Crippen LogP contribution is 1.84. The Morgan fingerprint density at radius 2 is 2.25 bits per heavy atom. The van der Waals surface area contributed by atoms with Gasteiger partial charge in [-0.1, -0.05) is 0 Å². The first-order valence-corrected chi connectivity index (χ1v) is 3.61. The predicted octanol–water partition coefficient (Wildman–Crippen LogP) is -0.468. The van der Waals surface area contributed by atoms with Gasteiger partial charge in [0, 0.05) is 13.1 Å². The Balaban J connectivity index is 3.01. The van der Waals surface area contributed by atoms with E-state index in [1.54, 1.807) is 0 Å². The summed E-state index contributed by atoms with van der Waals surface area (Å²) in [5.41, 5.74) is 5.01. The summed E-state index contributed by atoms with van der Waals surface area (Å²) in [5, 5.41) is 20.8. The van der Waals surface area contributed by atoms with Crippen molar-refractivity contribution in [1.82, 2.24) is 10.6 Å². The molecule has 5 N–H and O–H groups in total. The van der Waals surface area contributed by atoms with Crippen LogP contribution < -0.4 is 16.4 Å². The second-order valence-corrected chi connectivity index (χ2v) is 2.21. The van der Waals surface area contributed by atoms with Gasteiger partial charge in [-0.2, -0.15) is 0 Å². The van der Waals surface area contributed by atoms with Gasteiger partial charge in [0.05, 0.1) is 0 Å². The minimum atomic E-state index is -1.13. The highest BCUT2D eigenvalue weighted by atomic mass is 16.4. The van der Waals surface area contributed by atoms with E-state index in [1.807, 2.05) is 0 Å². The molecule has 1 amide bonds. The minimum absolute atomic E-state index is 0.0647. The maximum absolute atomic E-state index is 9.90. The number of nitrogens with one attached hydrogen (secondary N) is 2. The maximum atomic E-state index is 9.90. The zero-order chi connectivity index (χ0) is 9.40. The molecule has 0 aromatic rings. The number of rotatable bonds is 5. The highest BCUT2D eigenvalue weighted by Gasteiger charge is 1.95. The number of amides is 1. The number of hydrogen-bond donors (Lipinski definition) is 4. The van der Waals surface area contributed by atoms with Crippen LogP contribution in [-0.4, -0.2) is 30.2 Å². The van der Waals surface area contributed by atoms with Crippen LogP contribution in [0.25, 0.3) is 0 Å². The topological polar surface area (TPSA) is 113 Å². The fourth-order valence-electron chi connectivity index (χ4n) is 0.635. The largest absolute Gasteiger partial charge is 0.464 e. The Bertz CT molecular complexity index is 142. The first-order chi connectivity index (χ1) is 5.63. The highest BCUT2D eigenvalue weighted by molar-refractivity contribution is 5.74. The van der Waals surface area contributed by atoms with Gasteiger partial charge in [0.15, 0.2) is 5.96 Å². The van der Waals surface area contributed by atoms with E-state index in [1.165, 1.54) is 0 Å². The normalized spacial score (nSPS) is 9.00. The zero-order valence-corrected chi connectivity index (χ0v) is 6.71. The van der Waals surface area contributed by atoms with E-state index in [9.17, 15) is 4.79 Å². The van der Waals surface area contributed by atoms with Gasteiger partial charge in [0.25, 0.3) is 0 Å². The van der Waals surface area contributed by atoms with Gasteiger partial charge >= 0.3 is 6.09 Å². The molecule has 6 nitrogen and oxygen atoms in total. The first-order valence-electron chi connectivity index (χ1n) is 3.61. The van der Waals surface area contributed by atoms with Crippen LogP contribution in [0.15, 0.2) is 0 Å². The van der Waals surface area contributed by atoms with Gasteiger partial charge < -0.3 is 16.2 Å². The molecule has 0 aromatic heterocycles. The molecule has 0 spiro atoms. The molecular weight excluding hydrogens is 160 g/mol. The second kappa shape index (κ2) is 6.26. The number of carboxylic acid groups (broad SMARTS) is 1. The lowest BCUT2D eigenvalue weighted by atomic mass is 10.3. The molecule has 0 aromatic carbocycles. The molecule has 6 heteroatoms. The lowest BCUT2D eigenvalue weighted by Gasteiger charge is -2.01. The van der Waals surface area contributed by atoms with Gasteiger partial charge in [0.1, 0.15) is 0 Å². The van der Waals surface area contributed by atoms with Crippen molar-refractivity contribution in [2.45, 2.75) is 12.8 Å². The molecule has 0 aliphatic carbocycles. The Labute approximate surface area is 70.6 Å². The standard InChI is InChI=1S/C6H13N4O2/c7-5(8)9-3-1-2-4-10-6(11)12/h1-4H2,(H,11,12)(H4,7,8,9). The molecule has 0 saturated carbocycles. The van der Waals surface area contributed by atoms with Crippen LogP contribution in [0.3, 0.4) is 0 Å². The van der Waals surface area contributed by atoms with Crippen LogP contribution in [0.4, 0.5) is 4.79 Å². The maximum Gasteiger partial charge on any atom is 0.426 e. The smallest absolute Gasteiger partial charge is 0.426 e. The van der Waals surface area contributed by atoms with E-state index in [0.29, 0.717) is 19.5 Å². The monoisotopic (exact) mass is 173 g/mol. The quantitative estimate of drug-likeness (QED) is 0.256. The third kappa shape index (κ3) is 8.54. The van der Waals surface area contributed by atoms with Crippen molar-refractivity contribution in [2.24, 2.45) is 5.73 Å². The van der Waals surface area contributed by atoms with Crippen molar-refractivity contribution in [3.63, 3.8) is 0 Å². The molecular formula is C6H13N4O2. The third-order valence-corrected chi connectivity index (χ3v) is 1.15. The molecule has 0 heterocycles. The Hall–Kier alpha value is -1.46. The summed E-state index contributed by atoms with van der Waals surface area (Å²) in [6.07, 6.45) is 0.317. The summed E-state index contributed by atoms with van der Waals surface area (Å²) in [7, 11) is 0. The van der Waals surface area contributed by atoms with Crippen LogP contribution in [0, 0.1) is 5.41 Å². The van der Waals surface area contributed by atoms with Gasteiger partial charge in [-0.3, -0.25) is 5.41 Å². The van der Waals surface area contributed by atoms with Crippen LogP contribution in [0.1, 0.15) is 12.8 Å².